The molecule has 0 heterocycles. The Morgan fingerprint density at radius 2 is 1.64 bits per heavy atom. The Kier molecular flexibility index (Phi) is 8.70. The molecular formula is C12H16O2. The van der Waals surface area contributed by atoms with Gasteiger partial charge in [0.25, 0.3) is 0 Å². The molecule has 0 bridgehead atoms. The Balaban J connectivity index is 3.33. The number of aliphatic carboxylic acids is 1. The number of rotatable bonds is 4. The van der Waals surface area contributed by atoms with Crippen molar-refractivity contribution >= 4 is 5.97 Å². The number of hydrogen-bond acceptors (Lipinski definition) is 1. The second-order valence-corrected chi connectivity index (χ2v) is 2.92. The number of carbonyl (C=O) groups is 1. The fourth-order valence-electron chi connectivity index (χ4n) is 0.845. The number of carboxylic acids is 1. The van der Waals surface area contributed by atoms with Gasteiger partial charge in [-0.2, -0.15) is 0 Å². The average molecular weight is 192 g/mol. The molecule has 0 aromatic rings. The largest absolute Gasteiger partial charge is 0.472 e. The zero-order valence-corrected chi connectivity index (χ0v) is 8.60. The molecule has 0 atom stereocenters. The minimum Gasteiger partial charge on any atom is -0.472 e. The van der Waals surface area contributed by atoms with E-state index in [1.807, 2.05) is 0 Å². The Morgan fingerprint density at radius 1 is 1.07 bits per heavy atom. The predicted octanol–water partition coefficient (Wildman–Crippen LogP) is 2.44. The summed E-state index contributed by atoms with van der Waals surface area (Å²) in [6.07, 6.45) is 5.61. The van der Waals surface area contributed by atoms with Crippen molar-refractivity contribution in [2.24, 2.45) is 0 Å². The second kappa shape index (κ2) is 9.68. The van der Waals surface area contributed by atoms with Crippen LogP contribution in [0.5, 0.6) is 0 Å². The summed E-state index contributed by atoms with van der Waals surface area (Å²) in [6, 6.07) is 0. The summed E-state index contributed by atoms with van der Waals surface area (Å²) in [5.41, 5.74) is 0. The van der Waals surface area contributed by atoms with E-state index in [9.17, 15) is 4.79 Å². The summed E-state index contributed by atoms with van der Waals surface area (Å²) in [5, 5.41) is 8.21. The minimum absolute atomic E-state index is 0.620. The lowest BCUT2D eigenvalue weighted by molar-refractivity contribution is -0.130. The first-order valence-electron chi connectivity index (χ1n) is 4.95. The standard InChI is InChI=1S/C12H16O2/c1-2-3-4-5-6-7-8-9-10-11-12(13)14/h2-4,7-9H2,1H3,(H,13,14). The van der Waals surface area contributed by atoms with Gasteiger partial charge >= 0.3 is 5.97 Å². The van der Waals surface area contributed by atoms with E-state index in [2.05, 4.69) is 30.6 Å². The van der Waals surface area contributed by atoms with Crippen LogP contribution in [0.3, 0.4) is 0 Å². The first-order valence-corrected chi connectivity index (χ1v) is 4.95. The lowest BCUT2D eigenvalue weighted by Crippen LogP contribution is -1.86. The van der Waals surface area contributed by atoms with Gasteiger partial charge in [-0.3, -0.25) is 0 Å². The number of carboxylic acid groups (broad SMARTS) is 1. The van der Waals surface area contributed by atoms with Gasteiger partial charge in [0.15, 0.2) is 0 Å². The van der Waals surface area contributed by atoms with Gasteiger partial charge in [0.2, 0.25) is 0 Å². The lowest BCUT2D eigenvalue weighted by Gasteiger charge is -1.85. The molecule has 0 unspecified atom stereocenters. The molecule has 0 radical (unpaired) electrons. The van der Waals surface area contributed by atoms with Gasteiger partial charge in [-0.15, -0.1) is 11.8 Å². The van der Waals surface area contributed by atoms with E-state index in [1.54, 1.807) is 0 Å². The van der Waals surface area contributed by atoms with Crippen molar-refractivity contribution in [1.82, 2.24) is 0 Å². The fraction of sp³-hybridized carbons (Fsp3) is 0.583. The maximum atomic E-state index is 10.0. The molecule has 1 N–H and O–H groups in total. The van der Waals surface area contributed by atoms with Gasteiger partial charge in [0, 0.05) is 25.2 Å². The molecule has 0 aliphatic carbocycles. The van der Waals surface area contributed by atoms with Crippen molar-refractivity contribution in [3.05, 3.63) is 0 Å². The summed E-state index contributed by atoms with van der Waals surface area (Å²) in [5.74, 6) is 9.70. The van der Waals surface area contributed by atoms with Gasteiger partial charge in [-0.25, -0.2) is 4.79 Å². The molecule has 14 heavy (non-hydrogen) atoms. The summed E-state index contributed by atoms with van der Waals surface area (Å²) < 4.78 is 0. The van der Waals surface area contributed by atoms with Crippen molar-refractivity contribution in [2.45, 2.75) is 45.4 Å². The highest BCUT2D eigenvalue weighted by Crippen LogP contribution is 1.94. The van der Waals surface area contributed by atoms with Crippen molar-refractivity contribution in [3.63, 3.8) is 0 Å². The molecule has 2 nitrogen and oxygen atoms in total. The van der Waals surface area contributed by atoms with Crippen molar-refractivity contribution in [3.8, 4) is 23.7 Å². The second-order valence-electron chi connectivity index (χ2n) is 2.92. The van der Waals surface area contributed by atoms with E-state index < -0.39 is 5.97 Å². The summed E-state index contributed by atoms with van der Waals surface area (Å²) in [4.78, 5) is 10.0. The van der Waals surface area contributed by atoms with Crippen LogP contribution in [0, 0.1) is 23.7 Å². The minimum atomic E-state index is -1.06. The Morgan fingerprint density at radius 3 is 2.21 bits per heavy atom. The fourth-order valence-corrected chi connectivity index (χ4v) is 0.845. The highest BCUT2D eigenvalue weighted by atomic mass is 16.4. The summed E-state index contributed by atoms with van der Waals surface area (Å²) in [6.45, 7) is 2.14. The molecule has 0 saturated heterocycles. The maximum Gasteiger partial charge on any atom is 0.381 e. The number of unbranched alkanes of at least 4 members (excludes halogenated alkanes) is 4. The van der Waals surface area contributed by atoms with E-state index in [0.29, 0.717) is 6.42 Å². The van der Waals surface area contributed by atoms with E-state index in [1.165, 1.54) is 6.42 Å². The average Bonchev–Trinajstić information content (AvgIpc) is 2.15. The van der Waals surface area contributed by atoms with Gasteiger partial charge < -0.3 is 5.11 Å². The third-order valence-electron chi connectivity index (χ3n) is 1.58. The zero-order valence-electron chi connectivity index (χ0n) is 8.60. The Hall–Kier alpha value is -1.41. The van der Waals surface area contributed by atoms with Crippen LogP contribution in [0.15, 0.2) is 0 Å². The smallest absolute Gasteiger partial charge is 0.381 e. The van der Waals surface area contributed by atoms with Gasteiger partial charge in [0.05, 0.1) is 0 Å². The highest BCUT2D eigenvalue weighted by Gasteiger charge is 1.83. The molecule has 0 amide bonds. The topological polar surface area (TPSA) is 37.3 Å². The maximum absolute atomic E-state index is 10.0. The molecule has 0 spiro atoms. The molecule has 76 valence electrons. The van der Waals surface area contributed by atoms with Crippen molar-refractivity contribution in [2.75, 3.05) is 0 Å². The van der Waals surface area contributed by atoms with Crippen LogP contribution in [0.4, 0.5) is 0 Å². The van der Waals surface area contributed by atoms with Gasteiger partial charge in [-0.1, -0.05) is 19.3 Å². The lowest BCUT2D eigenvalue weighted by atomic mass is 10.2. The van der Waals surface area contributed by atoms with Crippen LogP contribution in [0.2, 0.25) is 0 Å². The molecule has 0 aliphatic rings. The van der Waals surface area contributed by atoms with Crippen LogP contribution >= 0.6 is 0 Å². The van der Waals surface area contributed by atoms with Crippen LogP contribution in [-0.4, -0.2) is 11.1 Å². The van der Waals surface area contributed by atoms with Crippen molar-refractivity contribution in [1.29, 1.82) is 0 Å². The highest BCUT2D eigenvalue weighted by molar-refractivity contribution is 5.86. The Labute approximate surface area is 85.7 Å². The van der Waals surface area contributed by atoms with E-state index in [0.717, 1.165) is 25.7 Å². The summed E-state index contributed by atoms with van der Waals surface area (Å²) in [7, 11) is 0. The zero-order chi connectivity index (χ0) is 10.6. The SMILES string of the molecule is CCCCC#CCCCC#CC(=O)O. The van der Waals surface area contributed by atoms with Gasteiger partial charge in [-0.05, 0) is 12.8 Å². The molecule has 0 saturated carbocycles. The van der Waals surface area contributed by atoms with Crippen LogP contribution in [0.25, 0.3) is 0 Å². The molecule has 2 heteroatoms. The van der Waals surface area contributed by atoms with Crippen LogP contribution in [-0.2, 0) is 4.79 Å². The van der Waals surface area contributed by atoms with Crippen LogP contribution < -0.4 is 0 Å². The van der Waals surface area contributed by atoms with Crippen LogP contribution in [0.1, 0.15) is 45.4 Å². The molecular weight excluding hydrogens is 176 g/mol. The van der Waals surface area contributed by atoms with E-state index >= 15 is 0 Å². The van der Waals surface area contributed by atoms with E-state index in [-0.39, 0.29) is 0 Å². The van der Waals surface area contributed by atoms with Gasteiger partial charge in [0.1, 0.15) is 0 Å². The Bertz CT molecular complexity index is 270. The van der Waals surface area contributed by atoms with E-state index in [4.69, 9.17) is 5.11 Å². The monoisotopic (exact) mass is 192 g/mol. The molecule has 0 aliphatic heterocycles. The molecule has 0 aromatic heterocycles. The first-order chi connectivity index (χ1) is 6.77. The molecule has 0 rings (SSSR count). The first kappa shape index (κ1) is 12.6. The normalized spacial score (nSPS) is 8.07. The molecule has 0 aromatic carbocycles. The van der Waals surface area contributed by atoms with Crippen molar-refractivity contribution < 1.29 is 9.90 Å². The number of hydrogen-bond donors (Lipinski definition) is 1. The molecule has 0 fully saturated rings. The quantitative estimate of drug-likeness (QED) is 0.548. The summed E-state index contributed by atoms with van der Waals surface area (Å²) >= 11 is 0. The third kappa shape index (κ3) is 10.6. The third-order valence-corrected chi connectivity index (χ3v) is 1.58. The predicted molar refractivity (Wildman–Crippen MR) is 56.6 cm³/mol.